The van der Waals surface area contributed by atoms with Crippen molar-refractivity contribution in [3.63, 3.8) is 0 Å². The first kappa shape index (κ1) is 122. The van der Waals surface area contributed by atoms with E-state index in [9.17, 15) is 38.4 Å². The second-order valence-electron chi connectivity index (χ2n) is 45.0. The van der Waals surface area contributed by atoms with Crippen molar-refractivity contribution in [2.24, 2.45) is 43.3 Å². The van der Waals surface area contributed by atoms with Gasteiger partial charge in [-0.25, -0.2) is 0 Å². The number of anilines is 14. The van der Waals surface area contributed by atoms with Gasteiger partial charge in [0.25, 0.3) is 0 Å². The van der Waals surface area contributed by atoms with E-state index in [1.54, 1.807) is 0 Å². The first-order valence-electron chi connectivity index (χ1n) is 46.4. The van der Waals surface area contributed by atoms with E-state index in [0.717, 1.165) is 183 Å². The molecule has 0 fully saturated rings. The van der Waals surface area contributed by atoms with Gasteiger partial charge in [0, 0.05) is 119 Å². The maximum absolute atomic E-state index is 12.0. The fourth-order valence-electron chi connectivity index (χ4n) is 14.1. The molecule has 22 nitrogen and oxygen atoms in total. The van der Waals surface area contributed by atoms with Crippen LogP contribution in [0.2, 0.25) is 0 Å². The van der Waals surface area contributed by atoms with Crippen LogP contribution in [0.15, 0.2) is 38.4 Å². The van der Waals surface area contributed by atoms with Crippen LogP contribution in [0.3, 0.4) is 0 Å². The molecule has 131 heavy (non-hydrogen) atoms. The molecular weight excluding hydrogens is 1790 g/mol. The lowest BCUT2D eigenvalue weighted by molar-refractivity contribution is 0.358. The lowest BCUT2D eigenvalue weighted by Crippen LogP contribution is -2.36. The van der Waals surface area contributed by atoms with Crippen LogP contribution < -0.4 is 117 Å². The summed E-state index contributed by atoms with van der Waals surface area (Å²) in [5.74, 6) is 0. The quantitative estimate of drug-likeness (QED) is 0.0159. The van der Waals surface area contributed by atoms with Crippen molar-refractivity contribution >= 4 is 177 Å². The van der Waals surface area contributed by atoms with Crippen LogP contribution in [0, 0.1) is 79.4 Å². The Morgan fingerprint density at radius 3 is 0.679 bits per heavy atom. The summed E-state index contributed by atoms with van der Waals surface area (Å²) in [6.45, 7) is 67.2. The number of hydrogen-bond acceptors (Lipinski definition) is 30. The fourth-order valence-corrected chi connectivity index (χ4v) is 16.0. The topological polar surface area (TPSA) is 319 Å². The van der Waals surface area contributed by atoms with E-state index in [2.05, 4.69) is 197 Å². The minimum Gasteiger partial charge on any atom is -0.397 e. The zero-order chi connectivity index (χ0) is 102. The van der Waals surface area contributed by atoms with Crippen LogP contribution in [0.4, 0.5) is 79.6 Å². The number of nitrogen functional groups attached to an aromatic ring is 6. The third kappa shape index (κ3) is 39.1. The van der Waals surface area contributed by atoms with Crippen LogP contribution in [0.5, 0.6) is 0 Å². The highest BCUT2D eigenvalue weighted by molar-refractivity contribution is 7.73. The van der Waals surface area contributed by atoms with Gasteiger partial charge in [-0.2, -0.15) is 0 Å². The van der Waals surface area contributed by atoms with Crippen molar-refractivity contribution in [1.82, 2.24) is 0 Å². The molecule has 0 radical (unpaired) electrons. The largest absolute Gasteiger partial charge is 0.397 e. The minimum atomic E-state index is -0.0843. The average Bonchev–Trinajstić information content (AvgIpc) is 0.768. The Morgan fingerprint density at radius 2 is 0.420 bits per heavy atom. The van der Waals surface area contributed by atoms with Crippen LogP contribution in [0.1, 0.15) is 301 Å². The Morgan fingerprint density at radius 1 is 0.206 bits per heavy atom. The zero-order valence-corrected chi connectivity index (χ0v) is 93.2. The van der Waals surface area contributed by atoms with E-state index in [1.807, 2.05) is 78.7 Å². The summed E-state index contributed by atoms with van der Waals surface area (Å²) in [4.78, 5) is 108. The molecule has 0 aliphatic rings. The van der Waals surface area contributed by atoms with E-state index < -0.39 is 0 Å². The zero-order valence-electron chi connectivity index (χ0n) is 86.7. The molecule has 0 amide bonds. The molecule has 8 aromatic carbocycles. The van der Waals surface area contributed by atoms with Crippen molar-refractivity contribution in [3.05, 3.63) is 129 Å². The Hall–Kier alpha value is -6.80. The van der Waals surface area contributed by atoms with Crippen molar-refractivity contribution in [2.45, 2.75) is 303 Å². The lowest BCUT2D eigenvalue weighted by Gasteiger charge is -2.32. The molecule has 0 spiro atoms. The molecule has 0 unspecified atom stereocenters. The summed E-state index contributed by atoms with van der Waals surface area (Å²) in [6.07, 6.45) is 19.3. The van der Waals surface area contributed by atoms with Crippen LogP contribution >= 0.6 is 97.7 Å². The number of nitrogens with zero attached hydrogens (tertiary/aromatic N) is 8. The van der Waals surface area contributed by atoms with E-state index in [4.69, 9.17) is 132 Å². The predicted octanol–water partition coefficient (Wildman–Crippen LogP) is 22.3. The standard InChI is InChI=1S/C15H26N2OS.C14H24N2OS.C13H22N2OS.C13H21NOS.2C12H20N2OS.C11H18N2OS.C11H17NOS/c1-7-17(8-2)12-11(13(18)14(12)19)16(6)10-9-15(3,4)5;1-7-15(5)11-10(12(17)13(11)18)16(6)9-8-14(2,3)4;1-13(2,3)7-5-6-8-15(4)10-9(14)12(17)11(10)16;1-13(2,3)8-6-4-5-7-9-10(14)12(16)11(9)15;2*1-12(2,3)6-5-7-14(4)9-8(13)11(16)10(9)15;1-11(2,3)5-6-13(4)8-7(12)10(15)9(8)14;1-11(2,3)6-4-5-7-8(12)10(14)9(7)13/h7-10H2,1-6H3;7-9H2,1-6H3;5-8,14H2,1-4H3;4-8,14H2,1-3H3;2*5-7,13H2,1-4H3;5-6,12H2,1-4H3;4-6,12H2,1-3H3. The van der Waals surface area contributed by atoms with Gasteiger partial charge in [-0.15, -0.1) is 0 Å². The molecule has 738 valence electrons. The van der Waals surface area contributed by atoms with Gasteiger partial charge in [0.05, 0.1) is 45.5 Å². The average molecular weight is 1960 g/mol. The Bertz CT molecular complexity index is 5510. The minimum absolute atomic E-state index is 0.00308. The van der Waals surface area contributed by atoms with Gasteiger partial charge in [0.15, 0.2) is 0 Å². The fraction of sp³-hybridized carbons (Fsp3) is 0.683. The molecule has 0 heterocycles. The highest BCUT2D eigenvalue weighted by atomic mass is 32.1. The third-order valence-electron chi connectivity index (χ3n) is 23.0. The second kappa shape index (κ2) is 51.9. The Kier molecular flexibility index (Phi) is 48.5. The SMILES string of the molecule is CC(C)(C)CCCCCc1c(N)c(=S)c1=O.CC(C)(C)CCCc1c(N)c(=S)c1=O.CCN(C)c1c(N(C)CCC(C)(C)C)c(=O)c1=S.CCN(CC)c1c(N(C)CCC(C)(C)C)c(=O)c1=S.CN(CCC(C)(C)C)c1c(N)c(=S)c1=O.CN(CCCC(C)(C)C)c1c(N)c(=S)c1=O.CN(CCCC(C)(C)C)c1c(N)c(=S)c1=O.CN(CCCCC(C)(C)C)c1c(N)c(=S)c1=O. The predicted molar refractivity (Wildman–Crippen MR) is 593 cm³/mol. The monoisotopic (exact) mass is 1960 g/mol. The molecule has 8 aromatic rings. The number of rotatable bonds is 35. The summed E-state index contributed by atoms with van der Waals surface area (Å²) in [7, 11) is 13.5. The molecule has 30 heteroatoms. The molecule has 0 atom stereocenters. The molecular formula is C101H168N14O8S8. The summed E-state index contributed by atoms with van der Waals surface area (Å²) in [5, 5.41) is 0. The van der Waals surface area contributed by atoms with Gasteiger partial charge in [0.1, 0.15) is 70.2 Å². The maximum atomic E-state index is 12.0. The number of hydrogen-bond donors (Lipinski definition) is 6. The van der Waals surface area contributed by atoms with E-state index in [1.165, 1.54) is 25.7 Å². The van der Waals surface area contributed by atoms with Gasteiger partial charge in [-0.1, -0.05) is 283 Å². The van der Waals surface area contributed by atoms with Crippen LogP contribution in [-0.4, -0.2) is 108 Å². The molecule has 8 rings (SSSR count). The van der Waals surface area contributed by atoms with Crippen molar-refractivity contribution in [1.29, 1.82) is 0 Å². The van der Waals surface area contributed by atoms with Gasteiger partial charge >= 0.3 is 0 Å². The Labute approximate surface area is 827 Å². The summed E-state index contributed by atoms with van der Waals surface area (Å²) >= 11 is 39.3. The van der Waals surface area contributed by atoms with Gasteiger partial charge < -0.3 is 73.6 Å². The smallest absolute Gasteiger partial charge is 0.224 e. The normalized spacial score (nSPS) is 12.0. The Balaban J connectivity index is 0.000000750. The maximum Gasteiger partial charge on any atom is 0.224 e. The van der Waals surface area contributed by atoms with E-state index in [-0.39, 0.29) is 73.2 Å². The first-order valence-corrected chi connectivity index (χ1v) is 49.7. The summed E-state index contributed by atoms with van der Waals surface area (Å²) in [5.41, 5.74) is 46.8. The number of nitrogens with two attached hydrogens (primary N) is 6. The molecule has 0 aliphatic carbocycles. The van der Waals surface area contributed by atoms with Crippen molar-refractivity contribution in [3.8, 4) is 0 Å². The summed E-state index contributed by atoms with van der Waals surface area (Å²) in [6, 6.07) is 0. The lowest BCUT2D eigenvalue weighted by atomic mass is 9.88. The van der Waals surface area contributed by atoms with Gasteiger partial charge in [-0.05, 0) is 160 Å². The molecule has 0 aliphatic heterocycles. The summed E-state index contributed by atoms with van der Waals surface area (Å²) < 4.78 is 2.81. The molecule has 0 aromatic heterocycles. The molecule has 0 saturated heterocycles. The van der Waals surface area contributed by atoms with Gasteiger partial charge in [-0.3, -0.25) is 38.4 Å². The highest BCUT2D eigenvalue weighted by Gasteiger charge is 2.30. The second-order valence-corrected chi connectivity index (χ2v) is 48.3. The van der Waals surface area contributed by atoms with Crippen LogP contribution in [0.25, 0.3) is 0 Å². The van der Waals surface area contributed by atoms with Gasteiger partial charge in [0.2, 0.25) is 43.4 Å². The third-order valence-corrected chi connectivity index (χ3v) is 26.2. The van der Waals surface area contributed by atoms with Crippen LogP contribution in [-0.2, 0) is 12.8 Å². The van der Waals surface area contributed by atoms with E-state index in [0.29, 0.717) is 106 Å². The van der Waals surface area contributed by atoms with Crippen molar-refractivity contribution in [2.75, 3.05) is 182 Å². The first-order chi connectivity index (χ1) is 59.5. The molecule has 0 saturated carbocycles. The molecule has 12 N–H and O–H groups in total. The number of unbranched alkanes of at least 4 members (excludes halogenated alkanes) is 3. The molecule has 0 bridgehead atoms. The van der Waals surface area contributed by atoms with E-state index >= 15 is 0 Å². The van der Waals surface area contributed by atoms with Crippen molar-refractivity contribution < 1.29 is 0 Å². The highest BCUT2D eigenvalue weighted by Crippen LogP contribution is 2.36.